The minimum absolute atomic E-state index is 0.912. The molecule has 0 aliphatic carbocycles. The van der Waals surface area contributed by atoms with Gasteiger partial charge >= 0.3 is 5.97 Å². The molecule has 3 nitrogen and oxygen atoms in total. The highest BCUT2D eigenvalue weighted by Crippen LogP contribution is 2.23. The summed E-state index contributed by atoms with van der Waals surface area (Å²) in [6, 6.07) is 0. The smallest absolute Gasteiger partial charge is 0.328 e. The highest BCUT2D eigenvalue weighted by Gasteiger charge is 2.05. The van der Waals surface area contributed by atoms with E-state index in [9.17, 15) is 4.79 Å². The molecule has 1 heterocycles. The molecule has 0 aromatic carbocycles. The number of carboxylic acids is 1. The van der Waals surface area contributed by atoms with Gasteiger partial charge in [0.25, 0.3) is 0 Å². The zero-order valence-corrected chi connectivity index (χ0v) is 11.0. The lowest BCUT2D eigenvalue weighted by Gasteiger charge is -1.93. The van der Waals surface area contributed by atoms with E-state index >= 15 is 0 Å². The first kappa shape index (κ1) is 13.3. The van der Waals surface area contributed by atoms with Crippen molar-refractivity contribution in [1.82, 2.24) is 4.98 Å². The van der Waals surface area contributed by atoms with E-state index in [0.29, 0.717) is 0 Å². The zero-order valence-electron chi connectivity index (χ0n) is 9.40. The predicted molar refractivity (Wildman–Crippen MR) is 70.0 cm³/mol. The van der Waals surface area contributed by atoms with Gasteiger partial charge in [-0.2, -0.15) is 11.8 Å². The third kappa shape index (κ3) is 4.37. The first-order valence-electron chi connectivity index (χ1n) is 5.08. The number of carbonyl (C=O) groups is 1. The fraction of sp³-hybridized carbons (Fsp3) is 0.455. The molecule has 0 amide bonds. The van der Waals surface area contributed by atoms with Crippen molar-refractivity contribution in [3.8, 4) is 0 Å². The molecule has 0 aliphatic heterocycles. The Kier molecular flexibility index (Phi) is 5.55. The maximum Gasteiger partial charge on any atom is 0.328 e. The third-order valence-electron chi connectivity index (χ3n) is 1.83. The molecule has 1 aromatic heterocycles. The van der Waals surface area contributed by atoms with Crippen molar-refractivity contribution in [1.29, 1.82) is 0 Å². The molecular formula is C11H15NO2S2. The average molecular weight is 257 g/mol. The van der Waals surface area contributed by atoms with E-state index in [0.717, 1.165) is 33.2 Å². The molecule has 88 valence electrons. The molecule has 1 N–H and O–H groups in total. The Balaban J connectivity index is 2.62. The van der Waals surface area contributed by atoms with Gasteiger partial charge in [0, 0.05) is 11.8 Å². The third-order valence-corrected chi connectivity index (χ3v) is 4.31. The maximum atomic E-state index is 10.4. The summed E-state index contributed by atoms with van der Waals surface area (Å²) in [7, 11) is 0. The van der Waals surface area contributed by atoms with Crippen molar-refractivity contribution >= 4 is 35.1 Å². The summed E-state index contributed by atoms with van der Waals surface area (Å²) in [4.78, 5) is 15.7. The van der Waals surface area contributed by atoms with Gasteiger partial charge < -0.3 is 5.11 Å². The number of carboxylic acid groups (broad SMARTS) is 1. The molecule has 1 rings (SSSR count). The number of rotatable bonds is 6. The lowest BCUT2D eigenvalue weighted by Crippen LogP contribution is -1.85. The van der Waals surface area contributed by atoms with E-state index in [2.05, 4.69) is 11.9 Å². The van der Waals surface area contributed by atoms with Crippen molar-refractivity contribution in [2.45, 2.75) is 26.0 Å². The number of thioether (sulfide) groups is 1. The van der Waals surface area contributed by atoms with E-state index in [1.54, 1.807) is 17.4 Å². The van der Waals surface area contributed by atoms with Gasteiger partial charge in [-0.1, -0.05) is 6.92 Å². The second-order valence-electron chi connectivity index (χ2n) is 3.28. The number of aryl methyl sites for hydroxylation is 1. The summed E-state index contributed by atoms with van der Waals surface area (Å²) >= 11 is 3.43. The van der Waals surface area contributed by atoms with Gasteiger partial charge in [-0.15, -0.1) is 11.3 Å². The van der Waals surface area contributed by atoms with Crippen LogP contribution in [0.15, 0.2) is 6.08 Å². The molecular weight excluding hydrogens is 242 g/mol. The highest BCUT2D eigenvalue weighted by atomic mass is 32.2. The van der Waals surface area contributed by atoms with Crippen LogP contribution in [0.5, 0.6) is 0 Å². The summed E-state index contributed by atoms with van der Waals surface area (Å²) in [5.41, 5.74) is 0.912. The van der Waals surface area contributed by atoms with E-state index in [1.807, 2.05) is 18.7 Å². The number of aliphatic carboxylic acids is 1. The van der Waals surface area contributed by atoms with E-state index in [-0.39, 0.29) is 0 Å². The minimum Gasteiger partial charge on any atom is -0.478 e. The normalized spacial score (nSPS) is 11.1. The lowest BCUT2D eigenvalue weighted by molar-refractivity contribution is -0.131. The van der Waals surface area contributed by atoms with Gasteiger partial charge in [0.1, 0.15) is 5.01 Å². The van der Waals surface area contributed by atoms with Crippen LogP contribution >= 0.6 is 23.1 Å². The van der Waals surface area contributed by atoms with Crippen LogP contribution in [0.3, 0.4) is 0 Å². The van der Waals surface area contributed by atoms with Crippen molar-refractivity contribution in [3.63, 3.8) is 0 Å². The number of hydrogen-bond acceptors (Lipinski definition) is 4. The van der Waals surface area contributed by atoms with Crippen LogP contribution in [-0.4, -0.2) is 21.8 Å². The van der Waals surface area contributed by atoms with Crippen LogP contribution < -0.4 is 0 Å². The molecule has 5 heteroatoms. The van der Waals surface area contributed by atoms with Crippen LogP contribution in [0.25, 0.3) is 6.08 Å². The molecule has 16 heavy (non-hydrogen) atoms. The van der Waals surface area contributed by atoms with E-state index < -0.39 is 5.97 Å². The van der Waals surface area contributed by atoms with Gasteiger partial charge in [-0.3, -0.25) is 0 Å². The largest absolute Gasteiger partial charge is 0.478 e. The van der Waals surface area contributed by atoms with Crippen molar-refractivity contribution < 1.29 is 9.90 Å². The van der Waals surface area contributed by atoms with Crippen LogP contribution in [0.2, 0.25) is 0 Å². The maximum absolute atomic E-state index is 10.4. The van der Waals surface area contributed by atoms with E-state index in [4.69, 9.17) is 5.11 Å². The molecule has 0 saturated carbocycles. The van der Waals surface area contributed by atoms with Crippen molar-refractivity contribution in [3.05, 3.63) is 21.7 Å². The molecule has 0 fully saturated rings. The molecule has 0 bridgehead atoms. The number of aromatic nitrogens is 1. The summed E-state index contributed by atoms with van der Waals surface area (Å²) in [6.45, 7) is 4.06. The van der Waals surface area contributed by atoms with Crippen molar-refractivity contribution in [2.75, 3.05) is 5.75 Å². The summed E-state index contributed by atoms with van der Waals surface area (Å²) in [6.07, 6.45) is 3.94. The monoisotopic (exact) mass is 257 g/mol. The molecule has 0 radical (unpaired) electrons. The molecule has 0 atom stereocenters. The molecule has 0 spiro atoms. The van der Waals surface area contributed by atoms with Gasteiger partial charge in [-0.05, 0) is 25.2 Å². The summed E-state index contributed by atoms with van der Waals surface area (Å²) in [5.74, 6) is 1.13. The molecule has 0 unspecified atom stereocenters. The quantitative estimate of drug-likeness (QED) is 0.628. The van der Waals surface area contributed by atoms with E-state index in [1.165, 1.54) is 6.42 Å². The average Bonchev–Trinajstić information content (AvgIpc) is 2.57. The lowest BCUT2D eigenvalue weighted by atomic mass is 10.3. The summed E-state index contributed by atoms with van der Waals surface area (Å²) in [5, 5.41) is 9.61. The first-order valence-corrected chi connectivity index (χ1v) is 7.05. The molecule has 0 saturated heterocycles. The van der Waals surface area contributed by atoms with Gasteiger partial charge in [0.15, 0.2) is 0 Å². The Bertz CT molecular complexity index is 385. The Morgan fingerprint density at radius 1 is 1.62 bits per heavy atom. The van der Waals surface area contributed by atoms with Crippen LogP contribution in [0.4, 0.5) is 0 Å². The number of nitrogens with zero attached hydrogens (tertiary/aromatic N) is 1. The first-order chi connectivity index (χ1) is 7.63. The highest BCUT2D eigenvalue weighted by molar-refractivity contribution is 7.98. The Morgan fingerprint density at radius 3 is 3.00 bits per heavy atom. The Morgan fingerprint density at radius 2 is 2.38 bits per heavy atom. The minimum atomic E-state index is -0.922. The zero-order chi connectivity index (χ0) is 12.0. The fourth-order valence-electron chi connectivity index (χ4n) is 1.13. The molecule has 1 aromatic rings. The van der Waals surface area contributed by atoms with Gasteiger partial charge in [0.05, 0.1) is 10.6 Å². The van der Waals surface area contributed by atoms with Crippen molar-refractivity contribution in [2.24, 2.45) is 0 Å². The summed E-state index contributed by atoms with van der Waals surface area (Å²) < 4.78 is 0. The SMILES string of the molecule is CCCSCc1nc(C)c(/C=C/C(=O)O)s1. The topological polar surface area (TPSA) is 50.2 Å². The molecule has 0 aliphatic rings. The number of thiazole rings is 1. The fourth-order valence-corrected chi connectivity index (χ4v) is 3.06. The Hall–Kier alpha value is -0.810. The second-order valence-corrected chi connectivity index (χ2v) is 5.50. The van der Waals surface area contributed by atoms with Crippen LogP contribution in [0.1, 0.15) is 28.9 Å². The number of hydrogen-bond donors (Lipinski definition) is 1. The van der Waals surface area contributed by atoms with Gasteiger partial charge in [-0.25, -0.2) is 9.78 Å². The predicted octanol–water partition coefficient (Wildman–Crippen LogP) is 3.19. The van der Waals surface area contributed by atoms with Crippen LogP contribution in [-0.2, 0) is 10.5 Å². The second kappa shape index (κ2) is 6.70. The standard InChI is InChI=1S/C11H15NO2S2/c1-3-6-15-7-10-12-8(2)9(16-10)4-5-11(13)14/h4-5H,3,6-7H2,1-2H3,(H,13,14)/b5-4+. The van der Waals surface area contributed by atoms with Gasteiger partial charge in [0.2, 0.25) is 0 Å². The Labute approximate surface area is 104 Å². The van der Waals surface area contributed by atoms with Crippen LogP contribution in [0, 0.1) is 6.92 Å².